The molecule has 0 aliphatic carbocycles. The van der Waals surface area contributed by atoms with E-state index in [-0.39, 0.29) is 13.2 Å². The molecule has 186 valence electrons. The quantitative estimate of drug-likeness (QED) is 0.434. The molecule has 2 aliphatic heterocycles. The summed E-state index contributed by atoms with van der Waals surface area (Å²) in [6.45, 7) is 4.98. The molecule has 0 radical (unpaired) electrons. The van der Waals surface area contributed by atoms with Gasteiger partial charge in [0.05, 0.1) is 22.7 Å². The molecule has 2 aromatic carbocycles. The Labute approximate surface area is 206 Å². The van der Waals surface area contributed by atoms with Crippen LogP contribution in [0.5, 0.6) is 11.5 Å². The summed E-state index contributed by atoms with van der Waals surface area (Å²) >= 11 is 0. The normalized spacial score (nSPS) is 24.2. The van der Waals surface area contributed by atoms with Crippen molar-refractivity contribution in [3.05, 3.63) is 59.7 Å². The van der Waals surface area contributed by atoms with Crippen LogP contribution in [-0.2, 0) is 36.5 Å². The highest BCUT2D eigenvalue weighted by atomic mass is 32.2. The molecule has 1 N–H and O–H groups in total. The van der Waals surface area contributed by atoms with Gasteiger partial charge in [0.25, 0.3) is 5.91 Å². The van der Waals surface area contributed by atoms with Crippen LogP contribution in [0.1, 0.15) is 25.0 Å². The number of fused-ring (bicyclic) bond motifs is 1. The van der Waals surface area contributed by atoms with E-state index < -0.39 is 50.8 Å². The van der Waals surface area contributed by atoms with Gasteiger partial charge in [-0.1, -0.05) is 29.8 Å². The number of ether oxygens (including phenoxy) is 3. The van der Waals surface area contributed by atoms with Gasteiger partial charge in [-0.15, -0.1) is 0 Å². The first-order valence-corrected chi connectivity index (χ1v) is 12.4. The Balaban J connectivity index is 1.37. The summed E-state index contributed by atoms with van der Waals surface area (Å²) in [5, 5.41) is 1.80. The maximum Gasteiger partial charge on any atom is 0.330 e. The molecule has 10 heteroatoms. The minimum Gasteiger partial charge on any atom is -0.497 e. The van der Waals surface area contributed by atoms with Gasteiger partial charge in [-0.25, -0.2) is 4.79 Å². The van der Waals surface area contributed by atoms with Crippen molar-refractivity contribution in [2.24, 2.45) is 0 Å². The molecule has 4 rings (SSSR count). The number of aryl methyl sites for hydroxylation is 1. The Kier molecular flexibility index (Phi) is 6.84. The van der Waals surface area contributed by atoms with E-state index in [0.29, 0.717) is 11.5 Å². The van der Waals surface area contributed by atoms with Crippen LogP contribution in [0.15, 0.2) is 48.5 Å². The Morgan fingerprint density at radius 2 is 1.69 bits per heavy atom. The van der Waals surface area contributed by atoms with E-state index in [1.165, 1.54) is 4.90 Å². The van der Waals surface area contributed by atoms with Crippen LogP contribution in [0, 0.1) is 6.92 Å². The third-order valence-electron chi connectivity index (χ3n) is 6.23. The molecule has 2 fully saturated rings. The Morgan fingerprint density at radius 1 is 1.06 bits per heavy atom. The van der Waals surface area contributed by atoms with E-state index in [2.05, 4.69) is 5.32 Å². The van der Waals surface area contributed by atoms with E-state index in [4.69, 9.17) is 14.2 Å². The summed E-state index contributed by atoms with van der Waals surface area (Å²) in [4.78, 5) is 39.5. The van der Waals surface area contributed by atoms with Gasteiger partial charge in [-0.3, -0.25) is 13.8 Å². The fourth-order valence-electron chi connectivity index (χ4n) is 4.23. The van der Waals surface area contributed by atoms with Crippen molar-refractivity contribution >= 4 is 28.6 Å². The van der Waals surface area contributed by atoms with E-state index in [1.807, 2.05) is 19.1 Å². The highest BCUT2D eigenvalue weighted by Gasteiger charge is 2.68. The Bertz CT molecular complexity index is 1150. The number of hydrogen-bond donors (Lipinski definition) is 1. The maximum absolute atomic E-state index is 13.2. The number of nitrogens with one attached hydrogen (secondary N) is 1. The number of amides is 2. The van der Waals surface area contributed by atoms with Crippen LogP contribution in [0.25, 0.3) is 0 Å². The van der Waals surface area contributed by atoms with Gasteiger partial charge in [0.1, 0.15) is 35.6 Å². The summed E-state index contributed by atoms with van der Waals surface area (Å²) < 4.78 is 28.2. The molecular formula is C25H28N2O7S. The SMILES string of the molecule is COc1ccc(COC(=O)[C@@H]2N3C(=O)[C@@H](NC(=O)COc4ccc(C)cc4)[C@H]3[S@@](=O)C2(C)C)cc1. The number of nitrogens with zero attached hydrogens (tertiary/aromatic N) is 1. The van der Waals surface area contributed by atoms with Crippen LogP contribution in [-0.4, -0.2) is 62.8 Å². The van der Waals surface area contributed by atoms with E-state index in [1.54, 1.807) is 57.4 Å². The van der Waals surface area contributed by atoms with Crippen molar-refractivity contribution in [1.29, 1.82) is 0 Å². The van der Waals surface area contributed by atoms with Crippen LogP contribution in [0.4, 0.5) is 0 Å². The summed E-state index contributed by atoms with van der Waals surface area (Å²) in [7, 11) is -0.0418. The smallest absolute Gasteiger partial charge is 0.330 e. The monoisotopic (exact) mass is 500 g/mol. The summed E-state index contributed by atoms with van der Waals surface area (Å²) in [5.74, 6) is -0.410. The number of benzene rings is 2. The average molecular weight is 501 g/mol. The predicted molar refractivity (Wildman–Crippen MR) is 128 cm³/mol. The zero-order valence-electron chi connectivity index (χ0n) is 20.0. The second-order valence-electron chi connectivity index (χ2n) is 9.04. The number of carbonyl (C=O) groups excluding carboxylic acids is 3. The molecule has 0 aromatic heterocycles. The topological polar surface area (TPSA) is 111 Å². The van der Waals surface area contributed by atoms with Gasteiger partial charge in [-0.05, 0) is 50.6 Å². The predicted octanol–water partition coefficient (Wildman–Crippen LogP) is 1.69. The summed E-state index contributed by atoms with van der Waals surface area (Å²) in [5.41, 5.74) is 1.81. The standard InChI is InChI=1S/C25H28N2O7S/c1-15-5-9-18(10-6-15)33-14-19(28)26-20-22(29)27-21(25(2,3)35(31)23(20)27)24(30)34-13-16-7-11-17(32-4)12-8-16/h5-12,20-21,23H,13-14H2,1-4H3,(H,26,28)/t20-,21+,23-,35-/m1/s1. The molecule has 4 atom stereocenters. The lowest BCUT2D eigenvalue weighted by atomic mass is 9.96. The van der Waals surface area contributed by atoms with E-state index >= 15 is 0 Å². The maximum atomic E-state index is 13.2. The minimum absolute atomic E-state index is 0.00521. The second kappa shape index (κ2) is 9.69. The number of hydrogen-bond acceptors (Lipinski definition) is 7. The Morgan fingerprint density at radius 3 is 2.31 bits per heavy atom. The highest BCUT2D eigenvalue weighted by molar-refractivity contribution is 7.87. The van der Waals surface area contributed by atoms with Gasteiger partial charge in [-0.2, -0.15) is 0 Å². The number of carbonyl (C=O) groups is 3. The van der Waals surface area contributed by atoms with Crippen molar-refractivity contribution < 1.29 is 32.8 Å². The van der Waals surface area contributed by atoms with Crippen molar-refractivity contribution in [2.45, 2.75) is 49.6 Å². The molecule has 9 nitrogen and oxygen atoms in total. The molecule has 0 spiro atoms. The number of methoxy groups -OCH3 is 1. The lowest BCUT2D eigenvalue weighted by Crippen LogP contribution is -2.71. The molecule has 0 saturated carbocycles. The third-order valence-corrected chi connectivity index (χ3v) is 8.42. The van der Waals surface area contributed by atoms with Gasteiger partial charge >= 0.3 is 5.97 Å². The molecule has 2 heterocycles. The third kappa shape index (κ3) is 4.75. The molecule has 35 heavy (non-hydrogen) atoms. The Hall–Kier alpha value is -3.40. The van der Waals surface area contributed by atoms with Gasteiger partial charge in [0.15, 0.2) is 6.61 Å². The molecule has 2 amide bonds. The van der Waals surface area contributed by atoms with Gasteiger partial charge < -0.3 is 24.4 Å². The van der Waals surface area contributed by atoms with Crippen LogP contribution in [0.3, 0.4) is 0 Å². The summed E-state index contributed by atoms with van der Waals surface area (Å²) in [6, 6.07) is 12.3. The van der Waals surface area contributed by atoms with Gasteiger partial charge in [0.2, 0.25) is 5.91 Å². The molecule has 2 aliphatic rings. The zero-order chi connectivity index (χ0) is 25.3. The fourth-order valence-corrected chi connectivity index (χ4v) is 6.14. The van der Waals surface area contributed by atoms with Crippen molar-refractivity contribution in [1.82, 2.24) is 10.2 Å². The van der Waals surface area contributed by atoms with Crippen LogP contribution >= 0.6 is 0 Å². The lowest BCUT2D eigenvalue weighted by Gasteiger charge is -2.43. The minimum atomic E-state index is -1.60. The molecular weight excluding hydrogens is 472 g/mol. The number of esters is 1. The van der Waals surface area contributed by atoms with E-state index in [0.717, 1.165) is 11.1 Å². The molecule has 0 unspecified atom stereocenters. The van der Waals surface area contributed by atoms with Crippen molar-refractivity contribution in [2.75, 3.05) is 13.7 Å². The van der Waals surface area contributed by atoms with E-state index in [9.17, 15) is 18.6 Å². The second-order valence-corrected chi connectivity index (χ2v) is 11.2. The summed E-state index contributed by atoms with van der Waals surface area (Å²) in [6.07, 6.45) is 0. The van der Waals surface area contributed by atoms with Crippen molar-refractivity contribution in [3.8, 4) is 11.5 Å². The number of rotatable bonds is 8. The molecule has 2 saturated heterocycles. The fraction of sp³-hybridized carbons (Fsp3) is 0.400. The largest absolute Gasteiger partial charge is 0.497 e. The van der Waals surface area contributed by atoms with Crippen molar-refractivity contribution in [3.63, 3.8) is 0 Å². The first-order valence-electron chi connectivity index (χ1n) is 11.1. The molecule has 0 bridgehead atoms. The average Bonchev–Trinajstić information content (AvgIpc) is 3.04. The first-order chi connectivity index (χ1) is 16.6. The van der Waals surface area contributed by atoms with Crippen LogP contribution < -0.4 is 14.8 Å². The lowest BCUT2D eigenvalue weighted by molar-refractivity contribution is -0.165. The van der Waals surface area contributed by atoms with Gasteiger partial charge in [0, 0.05) is 0 Å². The first kappa shape index (κ1) is 24.7. The van der Waals surface area contributed by atoms with Crippen LogP contribution in [0.2, 0.25) is 0 Å². The highest BCUT2D eigenvalue weighted by Crippen LogP contribution is 2.43. The molecule has 2 aromatic rings. The zero-order valence-corrected chi connectivity index (χ0v) is 20.8. The number of β-lactam (4-membered cyclic amide) rings is 1.